The molecule has 0 amide bonds. The number of aryl methyl sites for hydroxylation is 1. The largest absolute Gasteiger partial charge is 0.439 e. The third-order valence-electron chi connectivity index (χ3n) is 2.62. The van der Waals surface area contributed by atoms with Crippen LogP contribution >= 0.6 is 0 Å². The second kappa shape index (κ2) is 6.00. The molecule has 0 bridgehead atoms. The number of nitrogens with one attached hydrogen (secondary N) is 1. The van der Waals surface area contributed by atoms with Crippen molar-refractivity contribution in [3.63, 3.8) is 0 Å². The summed E-state index contributed by atoms with van der Waals surface area (Å²) in [6.07, 6.45) is 4.79. The van der Waals surface area contributed by atoms with Gasteiger partial charge in [-0.05, 0) is 30.5 Å². The summed E-state index contributed by atoms with van der Waals surface area (Å²) in [6, 6.07) is 9.20. The Labute approximate surface area is 106 Å². The molecule has 1 N–H and O–H groups in total. The molecule has 0 saturated carbocycles. The highest BCUT2D eigenvalue weighted by molar-refractivity contribution is 5.30. The molecule has 0 saturated heterocycles. The Hall–Kier alpha value is -2.10. The third-order valence-corrected chi connectivity index (χ3v) is 2.62. The van der Waals surface area contributed by atoms with E-state index in [0.29, 0.717) is 11.6 Å². The molecule has 94 valence electrons. The van der Waals surface area contributed by atoms with E-state index in [1.54, 1.807) is 0 Å². The molecule has 18 heavy (non-hydrogen) atoms. The Morgan fingerprint density at radius 1 is 1.28 bits per heavy atom. The minimum Gasteiger partial charge on any atom is -0.439 e. The maximum absolute atomic E-state index is 11.1. The normalized spacial score (nSPS) is 10.3. The molecule has 1 heterocycles. The van der Waals surface area contributed by atoms with E-state index < -0.39 is 0 Å². The Kier molecular flexibility index (Phi) is 4.12. The molecule has 0 aliphatic carbocycles. The van der Waals surface area contributed by atoms with Crippen molar-refractivity contribution in [3.05, 3.63) is 52.6 Å². The van der Waals surface area contributed by atoms with Crippen LogP contribution in [0.1, 0.15) is 25.3 Å². The van der Waals surface area contributed by atoms with Gasteiger partial charge in [-0.15, -0.1) is 0 Å². The first kappa shape index (κ1) is 12.4. The lowest BCUT2D eigenvalue weighted by Gasteiger charge is -2.05. The van der Waals surface area contributed by atoms with Gasteiger partial charge in [0.25, 0.3) is 5.56 Å². The van der Waals surface area contributed by atoms with Gasteiger partial charge >= 0.3 is 0 Å². The van der Waals surface area contributed by atoms with Crippen LogP contribution in [0.25, 0.3) is 0 Å². The fourth-order valence-electron chi connectivity index (χ4n) is 1.63. The molecule has 2 aromatic rings. The summed E-state index contributed by atoms with van der Waals surface area (Å²) in [5.41, 5.74) is 1.07. The molecule has 0 spiro atoms. The number of aromatic amines is 1. The summed E-state index contributed by atoms with van der Waals surface area (Å²) in [5, 5.41) is 0. The average molecular weight is 244 g/mol. The molecule has 2 rings (SSSR count). The topological polar surface area (TPSA) is 55.0 Å². The van der Waals surface area contributed by atoms with Crippen molar-refractivity contribution >= 4 is 0 Å². The zero-order chi connectivity index (χ0) is 12.8. The van der Waals surface area contributed by atoms with Crippen molar-refractivity contribution in [1.82, 2.24) is 9.97 Å². The van der Waals surface area contributed by atoms with Gasteiger partial charge in [0.2, 0.25) is 5.88 Å². The van der Waals surface area contributed by atoms with Crippen molar-refractivity contribution in [2.45, 2.75) is 26.2 Å². The van der Waals surface area contributed by atoms with Gasteiger partial charge in [0.15, 0.2) is 0 Å². The number of unbranched alkanes of at least 4 members (excludes halogenated alkanes) is 1. The fourth-order valence-corrected chi connectivity index (χ4v) is 1.63. The van der Waals surface area contributed by atoms with Crippen LogP contribution in [0, 0.1) is 0 Å². The maximum Gasteiger partial charge on any atom is 0.254 e. The number of benzene rings is 1. The second-order valence-electron chi connectivity index (χ2n) is 4.10. The highest BCUT2D eigenvalue weighted by atomic mass is 16.5. The summed E-state index contributed by atoms with van der Waals surface area (Å²) in [5.74, 6) is 0.994. The molecule has 1 aromatic carbocycles. The Balaban J connectivity index is 2.04. The number of nitrogens with zero attached hydrogens (tertiary/aromatic N) is 1. The third kappa shape index (κ3) is 3.45. The van der Waals surface area contributed by atoms with E-state index in [4.69, 9.17) is 4.74 Å². The van der Waals surface area contributed by atoms with Gasteiger partial charge in [0, 0.05) is 0 Å². The summed E-state index contributed by atoms with van der Waals surface area (Å²) in [6.45, 7) is 2.18. The minimum absolute atomic E-state index is 0.223. The van der Waals surface area contributed by atoms with E-state index in [1.165, 1.54) is 30.8 Å². The van der Waals surface area contributed by atoms with Gasteiger partial charge in [-0.25, -0.2) is 4.98 Å². The number of rotatable bonds is 5. The van der Waals surface area contributed by atoms with Crippen LogP contribution in [0.3, 0.4) is 0 Å². The molecule has 0 aliphatic heterocycles. The molecule has 1 aromatic heterocycles. The van der Waals surface area contributed by atoms with E-state index in [1.807, 2.05) is 24.3 Å². The Morgan fingerprint density at radius 3 is 2.72 bits per heavy atom. The number of ether oxygens (including phenoxy) is 1. The van der Waals surface area contributed by atoms with Crippen LogP contribution in [-0.2, 0) is 6.42 Å². The number of aromatic nitrogens is 2. The van der Waals surface area contributed by atoms with Gasteiger partial charge in [0.05, 0.1) is 12.4 Å². The van der Waals surface area contributed by atoms with Crippen molar-refractivity contribution < 1.29 is 4.74 Å². The van der Waals surface area contributed by atoms with Gasteiger partial charge in [-0.3, -0.25) is 4.79 Å². The van der Waals surface area contributed by atoms with E-state index in [2.05, 4.69) is 16.9 Å². The molecule has 0 aliphatic rings. The van der Waals surface area contributed by atoms with Crippen molar-refractivity contribution in [2.24, 2.45) is 0 Å². The van der Waals surface area contributed by atoms with Gasteiger partial charge in [-0.2, -0.15) is 0 Å². The molecular formula is C14H16N2O2. The molecular weight excluding hydrogens is 228 g/mol. The zero-order valence-corrected chi connectivity index (χ0v) is 10.3. The summed E-state index contributed by atoms with van der Waals surface area (Å²) < 4.78 is 5.49. The number of hydrogen-bond acceptors (Lipinski definition) is 3. The lowest BCUT2D eigenvalue weighted by atomic mass is 10.1. The van der Waals surface area contributed by atoms with Crippen molar-refractivity contribution in [3.8, 4) is 11.6 Å². The standard InChI is InChI=1S/C14H16N2O2/c1-2-3-4-11-5-7-12(8-6-11)18-14-9-13(17)15-10-16-14/h5-10H,2-4H2,1H3,(H,15,16,17). The van der Waals surface area contributed by atoms with Crippen molar-refractivity contribution in [1.29, 1.82) is 0 Å². The minimum atomic E-state index is -0.223. The maximum atomic E-state index is 11.1. The van der Waals surface area contributed by atoms with Gasteiger partial charge < -0.3 is 9.72 Å². The fraction of sp³-hybridized carbons (Fsp3) is 0.286. The van der Waals surface area contributed by atoms with Gasteiger partial charge in [-0.1, -0.05) is 25.5 Å². The predicted molar refractivity (Wildman–Crippen MR) is 70.0 cm³/mol. The first-order valence-electron chi connectivity index (χ1n) is 6.09. The van der Waals surface area contributed by atoms with E-state index in [9.17, 15) is 4.79 Å². The van der Waals surface area contributed by atoms with E-state index in [0.717, 1.165) is 6.42 Å². The first-order chi connectivity index (χ1) is 8.78. The molecule has 0 unspecified atom stereocenters. The highest BCUT2D eigenvalue weighted by Crippen LogP contribution is 2.18. The predicted octanol–water partition coefficient (Wildman–Crippen LogP) is 2.90. The second-order valence-corrected chi connectivity index (χ2v) is 4.10. The first-order valence-corrected chi connectivity index (χ1v) is 6.09. The smallest absolute Gasteiger partial charge is 0.254 e. The molecule has 0 atom stereocenters. The Morgan fingerprint density at radius 2 is 2.06 bits per heavy atom. The summed E-state index contributed by atoms with van der Waals surface area (Å²) in [4.78, 5) is 17.4. The lowest BCUT2D eigenvalue weighted by Crippen LogP contribution is -2.04. The van der Waals surface area contributed by atoms with Crippen LogP contribution in [-0.4, -0.2) is 9.97 Å². The number of H-pyrrole nitrogens is 1. The molecule has 4 heteroatoms. The lowest BCUT2D eigenvalue weighted by molar-refractivity contribution is 0.460. The van der Waals surface area contributed by atoms with Crippen LogP contribution in [0.2, 0.25) is 0 Å². The van der Waals surface area contributed by atoms with Crippen molar-refractivity contribution in [2.75, 3.05) is 0 Å². The molecule has 0 radical (unpaired) electrons. The van der Waals surface area contributed by atoms with Crippen LogP contribution < -0.4 is 10.3 Å². The van der Waals surface area contributed by atoms with E-state index in [-0.39, 0.29) is 5.56 Å². The number of hydrogen-bond donors (Lipinski definition) is 1. The summed E-state index contributed by atoms with van der Waals surface area (Å²) >= 11 is 0. The average Bonchev–Trinajstić information content (AvgIpc) is 2.38. The van der Waals surface area contributed by atoms with Gasteiger partial charge in [0.1, 0.15) is 5.75 Å². The SMILES string of the molecule is CCCCc1ccc(Oc2cc(=O)[nH]cn2)cc1. The van der Waals surface area contributed by atoms with E-state index >= 15 is 0 Å². The highest BCUT2D eigenvalue weighted by Gasteiger charge is 1.99. The zero-order valence-electron chi connectivity index (χ0n) is 10.3. The quantitative estimate of drug-likeness (QED) is 0.879. The summed E-state index contributed by atoms with van der Waals surface area (Å²) in [7, 11) is 0. The molecule has 4 nitrogen and oxygen atoms in total. The van der Waals surface area contributed by atoms with Crippen LogP contribution in [0.4, 0.5) is 0 Å². The monoisotopic (exact) mass is 244 g/mol. The van der Waals surface area contributed by atoms with Crippen LogP contribution in [0.15, 0.2) is 41.5 Å². The van der Waals surface area contributed by atoms with Crippen LogP contribution in [0.5, 0.6) is 11.6 Å². The Bertz CT molecular complexity index is 546. The molecule has 0 fully saturated rings.